The average molecular weight is 368 g/mol. The van der Waals surface area contributed by atoms with E-state index in [1.807, 2.05) is 24.6 Å². The molecule has 0 radical (unpaired) electrons. The zero-order chi connectivity index (χ0) is 19.6. The quantitative estimate of drug-likeness (QED) is 0.663. The minimum absolute atomic E-state index is 0.555. The molecule has 7 nitrogen and oxygen atoms in total. The number of nitrogen functional groups attached to an aromatic ring is 1. The minimum atomic E-state index is 0.555. The number of anilines is 1. The maximum Gasteiger partial charge on any atom is 0.251 e. The number of nitrogens with one attached hydrogen (secondary N) is 1. The Morgan fingerprint density at radius 3 is 2.41 bits per heavy atom. The van der Waals surface area contributed by atoms with E-state index in [1.165, 1.54) is 11.3 Å². The highest BCUT2D eigenvalue weighted by molar-refractivity contribution is 5.72. The third kappa shape index (κ3) is 3.59. The second kappa shape index (κ2) is 7.90. The summed E-state index contributed by atoms with van der Waals surface area (Å²) in [6, 6.07) is 1.94. The zero-order valence-electron chi connectivity index (χ0n) is 16.9. The Labute approximate surface area is 160 Å². The van der Waals surface area contributed by atoms with Crippen LogP contribution in [0.3, 0.4) is 0 Å². The van der Waals surface area contributed by atoms with Gasteiger partial charge >= 0.3 is 0 Å². The lowest BCUT2D eigenvalue weighted by Crippen LogP contribution is -2.11. The number of aryl methyl sites for hydroxylation is 3. The van der Waals surface area contributed by atoms with Crippen molar-refractivity contribution in [2.45, 2.75) is 66.7 Å². The lowest BCUT2D eigenvalue weighted by Gasteiger charge is -2.11. The van der Waals surface area contributed by atoms with Crippen LogP contribution in [0.4, 0.5) is 5.69 Å². The lowest BCUT2D eigenvalue weighted by molar-refractivity contribution is 0.717. The maximum atomic E-state index is 6.27. The molecule has 7 heteroatoms. The molecule has 3 N–H and O–H groups in total. The Hall–Kier alpha value is -2.70. The molecule has 0 aliphatic rings. The monoisotopic (exact) mass is 367 g/mol. The van der Waals surface area contributed by atoms with E-state index in [2.05, 4.69) is 36.0 Å². The molecule has 0 saturated carbocycles. The van der Waals surface area contributed by atoms with Gasteiger partial charge in [-0.25, -0.2) is 14.6 Å². The van der Waals surface area contributed by atoms with E-state index in [0.29, 0.717) is 17.3 Å². The number of H-pyrrole nitrogens is 1. The molecule has 3 aromatic heterocycles. The summed E-state index contributed by atoms with van der Waals surface area (Å²) >= 11 is 0. The first-order valence-corrected chi connectivity index (χ1v) is 9.76. The standard InChI is InChI=1S/C20H29N7/c1-6-9-15-14(8-3)17(10-7-2)27(26-15)20-22-13(5)18(21)19(23-20)16-11-12(4)24-25-16/h11H,6-10,21H2,1-5H3,(H,24,25). The van der Waals surface area contributed by atoms with Crippen LogP contribution >= 0.6 is 0 Å². The summed E-state index contributed by atoms with van der Waals surface area (Å²) in [7, 11) is 0. The number of nitrogens with zero attached hydrogens (tertiary/aromatic N) is 5. The molecule has 0 fully saturated rings. The van der Waals surface area contributed by atoms with E-state index in [4.69, 9.17) is 15.8 Å². The van der Waals surface area contributed by atoms with Gasteiger partial charge in [-0.2, -0.15) is 10.2 Å². The summed E-state index contributed by atoms with van der Waals surface area (Å²) in [5.41, 5.74) is 13.6. The van der Waals surface area contributed by atoms with Crippen molar-refractivity contribution in [1.29, 1.82) is 0 Å². The molecule has 144 valence electrons. The molecule has 0 saturated heterocycles. The molecule has 0 aromatic carbocycles. The van der Waals surface area contributed by atoms with Gasteiger partial charge in [0.15, 0.2) is 0 Å². The van der Waals surface area contributed by atoms with Crippen LogP contribution < -0.4 is 5.73 Å². The summed E-state index contributed by atoms with van der Waals surface area (Å²) in [6.07, 6.45) is 4.98. The number of rotatable bonds is 7. The van der Waals surface area contributed by atoms with Gasteiger partial charge in [0.2, 0.25) is 0 Å². The number of hydrogen-bond donors (Lipinski definition) is 2. The normalized spacial score (nSPS) is 11.3. The minimum Gasteiger partial charge on any atom is -0.395 e. The molecule has 0 atom stereocenters. The second-order valence-corrected chi connectivity index (χ2v) is 6.94. The van der Waals surface area contributed by atoms with E-state index >= 15 is 0 Å². The number of aromatic amines is 1. The summed E-state index contributed by atoms with van der Waals surface area (Å²) < 4.78 is 1.92. The van der Waals surface area contributed by atoms with Crippen molar-refractivity contribution in [3.63, 3.8) is 0 Å². The highest BCUT2D eigenvalue weighted by Gasteiger charge is 2.21. The smallest absolute Gasteiger partial charge is 0.251 e. The van der Waals surface area contributed by atoms with Crippen LogP contribution in [-0.4, -0.2) is 29.9 Å². The molecule has 27 heavy (non-hydrogen) atoms. The Morgan fingerprint density at radius 1 is 1.07 bits per heavy atom. The van der Waals surface area contributed by atoms with E-state index in [1.54, 1.807) is 0 Å². The SMILES string of the molecule is CCCc1nn(-c2nc(C)c(N)c(-c3cc(C)[nH]n3)n2)c(CCC)c1CC. The van der Waals surface area contributed by atoms with Gasteiger partial charge in [0.05, 0.1) is 22.8 Å². The molecule has 3 heterocycles. The first kappa shape index (κ1) is 19.1. The molecular weight excluding hydrogens is 338 g/mol. The van der Waals surface area contributed by atoms with Crippen molar-refractivity contribution >= 4 is 5.69 Å². The van der Waals surface area contributed by atoms with Crippen molar-refractivity contribution in [2.75, 3.05) is 5.73 Å². The molecule has 0 unspecified atom stereocenters. The molecular formula is C20H29N7. The molecule has 0 aliphatic carbocycles. The van der Waals surface area contributed by atoms with Crippen molar-refractivity contribution in [3.05, 3.63) is 34.4 Å². The Bertz CT molecular complexity index is 936. The highest BCUT2D eigenvalue weighted by atomic mass is 15.4. The van der Waals surface area contributed by atoms with Crippen LogP contribution in [0.5, 0.6) is 0 Å². The second-order valence-electron chi connectivity index (χ2n) is 6.94. The van der Waals surface area contributed by atoms with E-state index < -0.39 is 0 Å². The van der Waals surface area contributed by atoms with Gasteiger partial charge in [0.25, 0.3) is 5.95 Å². The van der Waals surface area contributed by atoms with E-state index in [9.17, 15) is 0 Å². The van der Waals surface area contributed by atoms with Crippen LogP contribution in [0.25, 0.3) is 17.3 Å². The van der Waals surface area contributed by atoms with Gasteiger partial charge < -0.3 is 5.73 Å². The number of hydrogen-bond acceptors (Lipinski definition) is 5. The third-order valence-electron chi connectivity index (χ3n) is 4.76. The molecule has 0 bridgehead atoms. The fourth-order valence-corrected chi connectivity index (χ4v) is 3.44. The fraction of sp³-hybridized carbons (Fsp3) is 0.500. The first-order valence-electron chi connectivity index (χ1n) is 9.76. The van der Waals surface area contributed by atoms with Crippen LogP contribution in [-0.2, 0) is 19.3 Å². The largest absolute Gasteiger partial charge is 0.395 e. The Morgan fingerprint density at radius 2 is 1.81 bits per heavy atom. The Balaban J connectivity index is 2.20. The molecule has 0 spiro atoms. The molecule has 3 aromatic rings. The van der Waals surface area contributed by atoms with Crippen molar-refractivity contribution < 1.29 is 0 Å². The Kier molecular flexibility index (Phi) is 5.58. The number of nitrogens with two attached hydrogens (primary N) is 1. The van der Waals surface area contributed by atoms with Gasteiger partial charge in [0.1, 0.15) is 11.4 Å². The fourth-order valence-electron chi connectivity index (χ4n) is 3.44. The van der Waals surface area contributed by atoms with E-state index in [0.717, 1.165) is 54.9 Å². The average Bonchev–Trinajstić information content (AvgIpc) is 3.22. The summed E-state index contributed by atoms with van der Waals surface area (Å²) in [4.78, 5) is 9.41. The van der Waals surface area contributed by atoms with Gasteiger partial charge in [-0.05, 0) is 44.7 Å². The summed E-state index contributed by atoms with van der Waals surface area (Å²) in [5, 5.41) is 12.2. The van der Waals surface area contributed by atoms with Gasteiger partial charge in [-0.15, -0.1) is 0 Å². The number of aromatic nitrogens is 6. The van der Waals surface area contributed by atoms with Crippen molar-refractivity contribution in [2.24, 2.45) is 0 Å². The first-order chi connectivity index (χ1) is 13.0. The van der Waals surface area contributed by atoms with Crippen LogP contribution in [0.2, 0.25) is 0 Å². The predicted molar refractivity (Wildman–Crippen MR) is 108 cm³/mol. The van der Waals surface area contributed by atoms with Crippen molar-refractivity contribution in [1.82, 2.24) is 29.9 Å². The summed E-state index contributed by atoms with van der Waals surface area (Å²) in [6.45, 7) is 10.4. The van der Waals surface area contributed by atoms with Crippen LogP contribution in [0.1, 0.15) is 62.0 Å². The van der Waals surface area contributed by atoms with Gasteiger partial charge in [-0.3, -0.25) is 5.10 Å². The maximum absolute atomic E-state index is 6.27. The van der Waals surface area contributed by atoms with E-state index in [-0.39, 0.29) is 0 Å². The summed E-state index contributed by atoms with van der Waals surface area (Å²) in [5.74, 6) is 0.567. The zero-order valence-corrected chi connectivity index (χ0v) is 16.9. The van der Waals surface area contributed by atoms with Crippen LogP contribution in [0, 0.1) is 13.8 Å². The van der Waals surface area contributed by atoms with Gasteiger partial charge in [-0.1, -0.05) is 33.6 Å². The van der Waals surface area contributed by atoms with Crippen LogP contribution in [0.15, 0.2) is 6.07 Å². The molecule has 3 rings (SSSR count). The third-order valence-corrected chi connectivity index (χ3v) is 4.76. The molecule has 0 aliphatic heterocycles. The predicted octanol–water partition coefficient (Wildman–Crippen LogP) is 3.72. The topological polar surface area (TPSA) is 98.3 Å². The lowest BCUT2D eigenvalue weighted by atomic mass is 10.0. The van der Waals surface area contributed by atoms with Crippen molar-refractivity contribution in [3.8, 4) is 17.3 Å². The highest BCUT2D eigenvalue weighted by Crippen LogP contribution is 2.27. The van der Waals surface area contributed by atoms with Gasteiger partial charge in [0, 0.05) is 5.69 Å². The molecule has 0 amide bonds.